The number of rotatable bonds is 7. The largest absolute Gasteiger partial charge is 0.508 e. The highest BCUT2D eigenvalue weighted by Crippen LogP contribution is 2.25. The van der Waals surface area contributed by atoms with Gasteiger partial charge in [-0.25, -0.2) is 4.79 Å². The SMILES string of the molecule is CC(C)(Cc1ccccc1[N+](=O)[O-])OC(=O)OC[C@H](N)C(=O)O. The molecule has 9 nitrogen and oxygen atoms in total. The molecule has 0 spiro atoms. The molecule has 1 rings (SSSR count). The van der Waals surface area contributed by atoms with Crippen LogP contribution < -0.4 is 5.73 Å². The van der Waals surface area contributed by atoms with Gasteiger partial charge in [-0.05, 0) is 13.8 Å². The fourth-order valence-corrected chi connectivity index (χ4v) is 1.82. The third-order valence-corrected chi connectivity index (χ3v) is 2.86. The predicted octanol–water partition coefficient (Wildman–Crippen LogP) is 1.48. The van der Waals surface area contributed by atoms with Crippen LogP contribution in [-0.2, 0) is 20.7 Å². The van der Waals surface area contributed by atoms with Gasteiger partial charge in [0.25, 0.3) is 5.69 Å². The maximum Gasteiger partial charge on any atom is 0.508 e. The van der Waals surface area contributed by atoms with Crippen LogP contribution in [0.25, 0.3) is 0 Å². The van der Waals surface area contributed by atoms with Crippen LogP contribution in [0.3, 0.4) is 0 Å². The summed E-state index contributed by atoms with van der Waals surface area (Å²) >= 11 is 0. The highest BCUT2D eigenvalue weighted by molar-refractivity contribution is 5.73. The number of benzene rings is 1. The molecule has 1 aromatic rings. The molecule has 0 aliphatic rings. The van der Waals surface area contributed by atoms with E-state index in [0.29, 0.717) is 5.56 Å². The molecular formula is C14H18N2O7. The first kappa shape index (κ1) is 18.4. The molecule has 0 aromatic heterocycles. The lowest BCUT2D eigenvalue weighted by molar-refractivity contribution is -0.385. The van der Waals surface area contributed by atoms with Crippen molar-refractivity contribution in [1.29, 1.82) is 0 Å². The lowest BCUT2D eigenvalue weighted by atomic mass is 9.97. The number of aliphatic carboxylic acids is 1. The lowest BCUT2D eigenvalue weighted by Gasteiger charge is -2.24. The van der Waals surface area contributed by atoms with E-state index in [1.165, 1.54) is 12.1 Å². The maximum atomic E-state index is 11.6. The minimum atomic E-state index is -1.35. The molecule has 126 valence electrons. The van der Waals surface area contributed by atoms with Gasteiger partial charge in [-0.2, -0.15) is 0 Å². The molecule has 0 aliphatic heterocycles. The quantitative estimate of drug-likeness (QED) is 0.436. The van der Waals surface area contributed by atoms with E-state index in [1.807, 2.05) is 0 Å². The number of nitro groups is 1. The standard InChI is InChI=1S/C14H18N2O7/c1-14(2,23-13(19)22-8-10(15)12(17)18)7-9-5-3-4-6-11(9)16(20)21/h3-6,10H,7-8,15H2,1-2H3,(H,17,18)/t10-/m0/s1. The zero-order valence-corrected chi connectivity index (χ0v) is 12.7. The molecule has 0 amide bonds. The number of hydrogen-bond donors (Lipinski definition) is 2. The second-order valence-electron chi connectivity index (χ2n) is 5.43. The molecule has 0 saturated heterocycles. The van der Waals surface area contributed by atoms with Crippen LogP contribution in [0, 0.1) is 10.1 Å². The molecule has 0 unspecified atom stereocenters. The van der Waals surface area contributed by atoms with Crippen molar-refractivity contribution in [1.82, 2.24) is 0 Å². The number of nitrogens with zero attached hydrogens (tertiary/aromatic N) is 1. The zero-order valence-electron chi connectivity index (χ0n) is 12.7. The molecule has 0 fully saturated rings. The second kappa shape index (κ2) is 7.54. The zero-order chi connectivity index (χ0) is 17.6. The smallest absolute Gasteiger partial charge is 0.480 e. The van der Waals surface area contributed by atoms with Gasteiger partial charge in [0.15, 0.2) is 0 Å². The summed E-state index contributed by atoms with van der Waals surface area (Å²) in [5.74, 6) is -1.31. The predicted molar refractivity (Wildman–Crippen MR) is 78.9 cm³/mol. The van der Waals surface area contributed by atoms with E-state index in [4.69, 9.17) is 15.6 Å². The number of carboxylic acid groups (broad SMARTS) is 1. The number of para-hydroxylation sites is 1. The fourth-order valence-electron chi connectivity index (χ4n) is 1.82. The van der Waals surface area contributed by atoms with Gasteiger partial charge in [0.2, 0.25) is 0 Å². The molecule has 0 radical (unpaired) electrons. The topological polar surface area (TPSA) is 142 Å². The highest BCUT2D eigenvalue weighted by Gasteiger charge is 2.28. The van der Waals surface area contributed by atoms with Gasteiger partial charge in [-0.3, -0.25) is 14.9 Å². The van der Waals surface area contributed by atoms with Crippen molar-refractivity contribution in [2.24, 2.45) is 5.73 Å². The van der Waals surface area contributed by atoms with Gasteiger partial charge >= 0.3 is 12.1 Å². The second-order valence-corrected chi connectivity index (χ2v) is 5.43. The molecule has 1 atom stereocenters. The van der Waals surface area contributed by atoms with Crippen LogP contribution in [0.15, 0.2) is 24.3 Å². The third kappa shape index (κ3) is 5.91. The van der Waals surface area contributed by atoms with Crippen molar-refractivity contribution in [3.63, 3.8) is 0 Å². The number of hydrogen-bond acceptors (Lipinski definition) is 7. The summed E-state index contributed by atoms with van der Waals surface area (Å²) in [7, 11) is 0. The van der Waals surface area contributed by atoms with Crippen LogP contribution in [0.1, 0.15) is 19.4 Å². The molecule has 23 heavy (non-hydrogen) atoms. The minimum Gasteiger partial charge on any atom is -0.480 e. The number of carbonyl (C=O) groups excluding carboxylic acids is 1. The summed E-state index contributed by atoms with van der Waals surface area (Å²) in [6, 6.07) is 4.75. The van der Waals surface area contributed by atoms with Crippen molar-refractivity contribution in [2.75, 3.05) is 6.61 Å². The Morgan fingerprint density at radius 2 is 2.00 bits per heavy atom. The Morgan fingerprint density at radius 3 is 2.57 bits per heavy atom. The molecule has 3 N–H and O–H groups in total. The number of carboxylic acids is 1. The van der Waals surface area contributed by atoms with E-state index in [1.54, 1.807) is 26.0 Å². The van der Waals surface area contributed by atoms with E-state index < -0.39 is 35.3 Å². The van der Waals surface area contributed by atoms with Crippen molar-refractivity contribution in [2.45, 2.75) is 31.9 Å². The Bertz CT molecular complexity index is 601. The Labute approximate surface area is 132 Å². The average Bonchev–Trinajstić information content (AvgIpc) is 2.43. The highest BCUT2D eigenvalue weighted by atomic mass is 16.7. The molecule has 0 bridgehead atoms. The summed E-state index contributed by atoms with van der Waals surface area (Å²) in [5.41, 5.74) is 4.43. The van der Waals surface area contributed by atoms with E-state index in [-0.39, 0.29) is 12.1 Å². The van der Waals surface area contributed by atoms with Crippen molar-refractivity contribution in [3.8, 4) is 0 Å². The van der Waals surface area contributed by atoms with Gasteiger partial charge in [-0.1, -0.05) is 18.2 Å². The van der Waals surface area contributed by atoms with Crippen LogP contribution >= 0.6 is 0 Å². The van der Waals surface area contributed by atoms with Crippen LogP contribution in [-0.4, -0.2) is 40.4 Å². The Kier molecular flexibility index (Phi) is 6.02. The van der Waals surface area contributed by atoms with Crippen LogP contribution in [0.4, 0.5) is 10.5 Å². The van der Waals surface area contributed by atoms with Gasteiger partial charge in [0.1, 0.15) is 18.2 Å². The van der Waals surface area contributed by atoms with Gasteiger partial charge in [0.05, 0.1) is 4.92 Å². The lowest BCUT2D eigenvalue weighted by Crippen LogP contribution is -2.37. The summed E-state index contributed by atoms with van der Waals surface area (Å²) in [5, 5.41) is 19.6. The first-order chi connectivity index (χ1) is 10.6. The summed E-state index contributed by atoms with van der Waals surface area (Å²) in [6.45, 7) is 2.58. The molecule has 0 aliphatic carbocycles. The number of nitro benzene ring substituents is 1. The Morgan fingerprint density at radius 1 is 1.39 bits per heavy atom. The number of carbonyl (C=O) groups is 2. The van der Waals surface area contributed by atoms with Crippen molar-refractivity contribution >= 4 is 17.8 Å². The molecule has 1 aromatic carbocycles. The molecular weight excluding hydrogens is 308 g/mol. The number of nitrogens with two attached hydrogens (primary N) is 1. The first-order valence-corrected chi connectivity index (χ1v) is 6.69. The van der Waals surface area contributed by atoms with Gasteiger partial charge < -0.3 is 20.3 Å². The molecule has 0 heterocycles. The van der Waals surface area contributed by atoms with E-state index in [0.717, 1.165) is 0 Å². The molecule has 0 saturated carbocycles. The normalized spacial score (nSPS) is 12.3. The van der Waals surface area contributed by atoms with E-state index in [9.17, 15) is 19.7 Å². The fraction of sp³-hybridized carbons (Fsp3) is 0.429. The Balaban J connectivity index is 2.68. The third-order valence-electron chi connectivity index (χ3n) is 2.86. The molecule has 9 heteroatoms. The van der Waals surface area contributed by atoms with Gasteiger partial charge in [-0.15, -0.1) is 0 Å². The average molecular weight is 326 g/mol. The summed E-state index contributed by atoms with van der Waals surface area (Å²) in [6.07, 6.45) is -1.00. The van der Waals surface area contributed by atoms with Crippen LogP contribution in [0.2, 0.25) is 0 Å². The maximum absolute atomic E-state index is 11.6. The van der Waals surface area contributed by atoms with E-state index >= 15 is 0 Å². The number of ether oxygens (including phenoxy) is 2. The van der Waals surface area contributed by atoms with Crippen LogP contribution in [0.5, 0.6) is 0 Å². The summed E-state index contributed by atoms with van der Waals surface area (Å²) < 4.78 is 9.69. The minimum absolute atomic E-state index is 0.0783. The van der Waals surface area contributed by atoms with Crippen molar-refractivity contribution in [3.05, 3.63) is 39.9 Å². The first-order valence-electron chi connectivity index (χ1n) is 6.69. The monoisotopic (exact) mass is 326 g/mol. The van der Waals surface area contributed by atoms with Crippen molar-refractivity contribution < 1.29 is 29.1 Å². The Hall–Kier alpha value is -2.68. The van der Waals surface area contributed by atoms with Gasteiger partial charge in [0, 0.05) is 18.1 Å². The summed E-state index contributed by atoms with van der Waals surface area (Å²) in [4.78, 5) is 32.5. The van der Waals surface area contributed by atoms with E-state index in [2.05, 4.69) is 4.74 Å².